The Bertz CT molecular complexity index is 430. The predicted octanol–water partition coefficient (Wildman–Crippen LogP) is 2.09. The van der Waals surface area contributed by atoms with Crippen molar-refractivity contribution in [1.82, 2.24) is 15.3 Å². The van der Waals surface area contributed by atoms with Crippen LogP contribution < -0.4 is 15.0 Å². The minimum absolute atomic E-state index is 0.181. The van der Waals surface area contributed by atoms with Crippen LogP contribution in [0.3, 0.4) is 0 Å². The number of aromatic nitrogens is 2. The second kappa shape index (κ2) is 6.39. The molecule has 5 nitrogen and oxygen atoms in total. The number of rotatable bonds is 4. The van der Waals surface area contributed by atoms with Crippen LogP contribution in [-0.2, 0) is 0 Å². The van der Waals surface area contributed by atoms with Crippen LogP contribution in [0.4, 0.5) is 5.82 Å². The van der Waals surface area contributed by atoms with Crippen LogP contribution in [0.2, 0.25) is 0 Å². The quantitative estimate of drug-likeness (QED) is 0.914. The number of anilines is 1. The molecule has 0 saturated carbocycles. The fraction of sp³-hybridized carbons (Fsp3) is 0.733. The van der Waals surface area contributed by atoms with Gasteiger partial charge in [-0.1, -0.05) is 0 Å². The third-order valence-electron chi connectivity index (χ3n) is 3.60. The van der Waals surface area contributed by atoms with Crippen molar-refractivity contribution in [1.29, 1.82) is 0 Å². The van der Waals surface area contributed by atoms with Gasteiger partial charge in [0.2, 0.25) is 5.88 Å². The fourth-order valence-electron chi connectivity index (χ4n) is 2.50. The monoisotopic (exact) mass is 278 g/mol. The second-order valence-corrected chi connectivity index (χ2v) is 6.50. The largest absolute Gasteiger partial charge is 0.481 e. The first-order chi connectivity index (χ1) is 9.48. The van der Waals surface area contributed by atoms with E-state index in [4.69, 9.17) is 4.74 Å². The van der Waals surface area contributed by atoms with Gasteiger partial charge in [0.25, 0.3) is 0 Å². The highest BCUT2D eigenvalue weighted by Crippen LogP contribution is 2.23. The molecule has 0 amide bonds. The molecule has 0 aromatic carbocycles. The molecule has 0 radical (unpaired) electrons. The van der Waals surface area contributed by atoms with E-state index >= 15 is 0 Å². The van der Waals surface area contributed by atoms with Crippen molar-refractivity contribution in [3.8, 4) is 5.88 Å². The summed E-state index contributed by atoms with van der Waals surface area (Å²) in [5, 5.41) is 3.60. The standard InChI is InChI=1S/C15H26N4O/c1-15(2,3)18-9-12-6-5-7-19(10-12)13-8-14(20-4)17-11-16-13/h8,11-12,18H,5-7,9-10H2,1-4H3. The van der Waals surface area contributed by atoms with Crippen LogP contribution >= 0.6 is 0 Å². The van der Waals surface area contributed by atoms with Crippen LogP contribution in [-0.4, -0.2) is 42.3 Å². The SMILES string of the molecule is COc1cc(N2CCCC(CNC(C)(C)C)C2)ncn1. The van der Waals surface area contributed by atoms with Gasteiger partial charge < -0.3 is 15.0 Å². The van der Waals surface area contributed by atoms with Gasteiger partial charge in [0, 0.05) is 31.2 Å². The number of nitrogens with zero attached hydrogens (tertiary/aromatic N) is 3. The van der Waals surface area contributed by atoms with E-state index in [1.165, 1.54) is 12.8 Å². The fourth-order valence-corrected chi connectivity index (χ4v) is 2.50. The summed E-state index contributed by atoms with van der Waals surface area (Å²) in [6.45, 7) is 9.80. The molecule has 20 heavy (non-hydrogen) atoms. The molecule has 112 valence electrons. The Balaban J connectivity index is 1.95. The Morgan fingerprint density at radius 1 is 1.40 bits per heavy atom. The lowest BCUT2D eigenvalue weighted by molar-refractivity contribution is 0.334. The first-order valence-corrected chi connectivity index (χ1v) is 7.34. The number of ether oxygens (including phenoxy) is 1. The Kier molecular flexibility index (Phi) is 4.81. The third kappa shape index (κ3) is 4.34. The highest BCUT2D eigenvalue weighted by atomic mass is 16.5. The zero-order valence-corrected chi connectivity index (χ0v) is 13.0. The molecule has 0 spiro atoms. The lowest BCUT2D eigenvalue weighted by Gasteiger charge is -2.35. The van der Waals surface area contributed by atoms with Gasteiger partial charge in [-0.15, -0.1) is 0 Å². The molecule has 0 bridgehead atoms. The summed E-state index contributed by atoms with van der Waals surface area (Å²) in [6, 6.07) is 1.92. The van der Waals surface area contributed by atoms with E-state index < -0.39 is 0 Å². The molecule has 2 heterocycles. The molecule has 0 aliphatic carbocycles. The van der Waals surface area contributed by atoms with Crippen LogP contribution in [0, 0.1) is 5.92 Å². The van der Waals surface area contributed by atoms with Crippen molar-refractivity contribution in [2.75, 3.05) is 31.6 Å². The zero-order valence-electron chi connectivity index (χ0n) is 13.0. The van der Waals surface area contributed by atoms with Crippen molar-refractivity contribution in [3.63, 3.8) is 0 Å². The average molecular weight is 278 g/mol. The van der Waals surface area contributed by atoms with Crippen LogP contribution in [0.25, 0.3) is 0 Å². The molecule has 1 atom stereocenters. The molecule has 1 aliphatic heterocycles. The lowest BCUT2D eigenvalue weighted by atomic mass is 9.96. The molecule has 1 fully saturated rings. The molecule has 1 saturated heterocycles. The summed E-state index contributed by atoms with van der Waals surface area (Å²) < 4.78 is 5.17. The topological polar surface area (TPSA) is 50.3 Å². The van der Waals surface area contributed by atoms with Gasteiger partial charge in [0.15, 0.2) is 0 Å². The maximum atomic E-state index is 5.17. The van der Waals surface area contributed by atoms with Crippen molar-refractivity contribution < 1.29 is 4.74 Å². The first kappa shape index (κ1) is 15.0. The molecule has 1 unspecified atom stereocenters. The molecule has 2 rings (SSSR count). The smallest absolute Gasteiger partial charge is 0.218 e. The summed E-state index contributed by atoms with van der Waals surface area (Å²) in [6.07, 6.45) is 4.07. The van der Waals surface area contributed by atoms with Crippen molar-refractivity contribution in [2.45, 2.75) is 39.2 Å². The van der Waals surface area contributed by atoms with Crippen molar-refractivity contribution in [3.05, 3.63) is 12.4 Å². The summed E-state index contributed by atoms with van der Waals surface area (Å²) in [5.41, 5.74) is 0.181. The number of methoxy groups -OCH3 is 1. The minimum Gasteiger partial charge on any atom is -0.481 e. The molecule has 1 aromatic rings. The summed E-state index contributed by atoms with van der Waals surface area (Å²) >= 11 is 0. The Morgan fingerprint density at radius 2 is 2.20 bits per heavy atom. The Labute approximate surface area is 121 Å². The van der Waals surface area contributed by atoms with E-state index in [9.17, 15) is 0 Å². The van der Waals surface area contributed by atoms with E-state index in [1.54, 1.807) is 13.4 Å². The molecular formula is C15H26N4O. The zero-order chi connectivity index (χ0) is 14.6. The third-order valence-corrected chi connectivity index (χ3v) is 3.60. The summed E-state index contributed by atoms with van der Waals surface area (Å²) in [5.74, 6) is 2.27. The predicted molar refractivity (Wildman–Crippen MR) is 81.3 cm³/mol. The highest BCUT2D eigenvalue weighted by Gasteiger charge is 2.22. The van der Waals surface area contributed by atoms with Gasteiger partial charge in [-0.2, -0.15) is 0 Å². The van der Waals surface area contributed by atoms with E-state index in [0.29, 0.717) is 11.8 Å². The van der Waals surface area contributed by atoms with Gasteiger partial charge in [-0.3, -0.25) is 0 Å². The highest BCUT2D eigenvalue weighted by molar-refractivity contribution is 5.41. The average Bonchev–Trinajstić information content (AvgIpc) is 2.45. The van der Waals surface area contributed by atoms with Crippen LogP contribution in [0.1, 0.15) is 33.6 Å². The van der Waals surface area contributed by atoms with E-state index in [-0.39, 0.29) is 5.54 Å². The minimum atomic E-state index is 0.181. The number of hydrogen-bond acceptors (Lipinski definition) is 5. The molecule has 5 heteroatoms. The van der Waals surface area contributed by atoms with Crippen LogP contribution in [0.15, 0.2) is 12.4 Å². The normalized spacial score (nSPS) is 20.0. The maximum Gasteiger partial charge on any atom is 0.218 e. The maximum absolute atomic E-state index is 5.17. The lowest BCUT2D eigenvalue weighted by Crippen LogP contribution is -2.44. The van der Waals surface area contributed by atoms with Gasteiger partial charge in [0.1, 0.15) is 12.1 Å². The molecule has 1 aliphatic rings. The molecular weight excluding hydrogens is 252 g/mol. The van der Waals surface area contributed by atoms with E-state index in [1.807, 2.05) is 6.07 Å². The summed E-state index contributed by atoms with van der Waals surface area (Å²) in [7, 11) is 1.64. The van der Waals surface area contributed by atoms with E-state index in [2.05, 4.69) is 41.0 Å². The molecule has 1 N–H and O–H groups in total. The van der Waals surface area contributed by atoms with Crippen LogP contribution in [0.5, 0.6) is 5.88 Å². The first-order valence-electron chi connectivity index (χ1n) is 7.34. The van der Waals surface area contributed by atoms with Crippen molar-refractivity contribution >= 4 is 5.82 Å². The molecule has 1 aromatic heterocycles. The van der Waals surface area contributed by atoms with E-state index in [0.717, 1.165) is 25.5 Å². The number of piperidine rings is 1. The van der Waals surface area contributed by atoms with Gasteiger partial charge in [-0.25, -0.2) is 9.97 Å². The Morgan fingerprint density at radius 3 is 2.90 bits per heavy atom. The summed E-state index contributed by atoms with van der Waals surface area (Å²) in [4.78, 5) is 10.8. The second-order valence-electron chi connectivity index (χ2n) is 6.50. The Hall–Kier alpha value is -1.36. The number of hydrogen-bond donors (Lipinski definition) is 1. The number of nitrogens with one attached hydrogen (secondary N) is 1. The van der Waals surface area contributed by atoms with Gasteiger partial charge in [0.05, 0.1) is 7.11 Å². The van der Waals surface area contributed by atoms with Crippen molar-refractivity contribution in [2.24, 2.45) is 5.92 Å². The van der Waals surface area contributed by atoms with Gasteiger partial charge in [-0.05, 0) is 39.5 Å². The van der Waals surface area contributed by atoms with Gasteiger partial charge >= 0.3 is 0 Å².